The summed E-state index contributed by atoms with van der Waals surface area (Å²) in [4.78, 5) is 11.1. The normalized spacial score (nSPS) is 9.38. The zero-order valence-corrected chi connectivity index (χ0v) is 9.63. The van der Waals surface area contributed by atoms with E-state index in [1.165, 1.54) is 6.08 Å². The number of anilines is 1. The van der Waals surface area contributed by atoms with Crippen LogP contribution >= 0.6 is 0 Å². The van der Waals surface area contributed by atoms with Gasteiger partial charge in [0.15, 0.2) is 0 Å². The third-order valence-electron chi connectivity index (χ3n) is 2.31. The monoisotopic (exact) mass is 216 g/mol. The molecule has 0 aliphatic carbocycles. The first-order valence-electron chi connectivity index (χ1n) is 4.99. The Balaban J connectivity index is 2.95. The van der Waals surface area contributed by atoms with Crippen molar-refractivity contribution in [2.45, 2.75) is 6.92 Å². The van der Waals surface area contributed by atoms with E-state index in [4.69, 9.17) is 0 Å². The lowest BCUT2D eigenvalue weighted by atomic mass is 10.1. The first-order chi connectivity index (χ1) is 7.58. The lowest BCUT2D eigenvalue weighted by Crippen LogP contribution is -2.08. The van der Waals surface area contributed by atoms with E-state index in [-0.39, 0.29) is 5.91 Å². The van der Waals surface area contributed by atoms with Crippen molar-refractivity contribution in [3.8, 4) is 0 Å². The maximum Gasteiger partial charge on any atom is 0.247 e. The van der Waals surface area contributed by atoms with E-state index in [2.05, 4.69) is 23.8 Å². The number of carbonyl (C=O) groups is 1. The fourth-order valence-electron chi connectivity index (χ4n) is 1.41. The standard InChI is InChI=1S/C13H16N2O/c1-5-13(16)15-11-6-7-12(9(2)8-11)10(3)14-4/h5-8,14H,1,3H2,2,4H3,(H,15,16). The van der Waals surface area contributed by atoms with Crippen LogP contribution in [0.4, 0.5) is 5.69 Å². The second-order valence-corrected chi connectivity index (χ2v) is 3.45. The van der Waals surface area contributed by atoms with Crippen LogP contribution in [0.5, 0.6) is 0 Å². The maximum absolute atomic E-state index is 11.1. The number of hydrogen-bond donors (Lipinski definition) is 2. The minimum Gasteiger partial charge on any atom is -0.388 e. The second-order valence-electron chi connectivity index (χ2n) is 3.45. The van der Waals surface area contributed by atoms with Gasteiger partial charge in [-0.05, 0) is 30.7 Å². The fraction of sp³-hybridized carbons (Fsp3) is 0.154. The Morgan fingerprint density at radius 3 is 2.62 bits per heavy atom. The maximum atomic E-state index is 11.1. The molecular formula is C13H16N2O. The summed E-state index contributed by atoms with van der Waals surface area (Å²) in [6.07, 6.45) is 1.25. The summed E-state index contributed by atoms with van der Waals surface area (Å²) in [7, 11) is 1.83. The van der Waals surface area contributed by atoms with Crippen LogP contribution in [0, 0.1) is 6.92 Å². The molecule has 1 rings (SSSR count). The van der Waals surface area contributed by atoms with Gasteiger partial charge in [0.05, 0.1) is 0 Å². The minimum absolute atomic E-state index is 0.209. The Morgan fingerprint density at radius 2 is 2.12 bits per heavy atom. The minimum atomic E-state index is -0.209. The van der Waals surface area contributed by atoms with E-state index in [1.54, 1.807) is 0 Å². The lowest BCUT2D eigenvalue weighted by Gasteiger charge is -2.10. The molecular weight excluding hydrogens is 200 g/mol. The van der Waals surface area contributed by atoms with Gasteiger partial charge in [-0.25, -0.2) is 0 Å². The summed E-state index contributed by atoms with van der Waals surface area (Å²) in [6.45, 7) is 9.27. The van der Waals surface area contributed by atoms with E-state index in [0.29, 0.717) is 0 Å². The molecule has 0 aliphatic rings. The number of nitrogens with one attached hydrogen (secondary N) is 2. The molecule has 0 aliphatic heterocycles. The highest BCUT2D eigenvalue weighted by molar-refractivity contribution is 5.99. The molecule has 0 radical (unpaired) electrons. The van der Waals surface area contributed by atoms with Crippen LogP contribution in [0.3, 0.4) is 0 Å². The van der Waals surface area contributed by atoms with Crippen LogP contribution in [0.1, 0.15) is 11.1 Å². The number of aryl methyl sites for hydroxylation is 1. The highest BCUT2D eigenvalue weighted by atomic mass is 16.1. The highest BCUT2D eigenvalue weighted by Crippen LogP contribution is 2.19. The lowest BCUT2D eigenvalue weighted by molar-refractivity contribution is -0.111. The zero-order valence-electron chi connectivity index (χ0n) is 9.63. The van der Waals surface area contributed by atoms with Crippen LogP contribution in [-0.4, -0.2) is 13.0 Å². The van der Waals surface area contributed by atoms with E-state index < -0.39 is 0 Å². The predicted octanol–water partition coefficient (Wildman–Crippen LogP) is 2.31. The largest absolute Gasteiger partial charge is 0.388 e. The molecule has 1 amide bonds. The Labute approximate surface area is 95.9 Å². The quantitative estimate of drug-likeness (QED) is 0.758. The SMILES string of the molecule is C=CC(=O)Nc1ccc(C(=C)NC)c(C)c1. The highest BCUT2D eigenvalue weighted by Gasteiger charge is 2.03. The van der Waals surface area contributed by atoms with Gasteiger partial charge in [0.1, 0.15) is 0 Å². The molecule has 0 fully saturated rings. The van der Waals surface area contributed by atoms with Crippen LogP contribution in [0.25, 0.3) is 5.70 Å². The first-order valence-corrected chi connectivity index (χ1v) is 4.99. The second kappa shape index (κ2) is 5.16. The van der Waals surface area contributed by atoms with Crippen molar-refractivity contribution in [1.82, 2.24) is 5.32 Å². The first kappa shape index (κ1) is 12.0. The molecule has 0 saturated carbocycles. The van der Waals surface area contributed by atoms with Crippen molar-refractivity contribution in [3.63, 3.8) is 0 Å². The summed E-state index contributed by atoms with van der Waals surface area (Å²) >= 11 is 0. The molecule has 2 N–H and O–H groups in total. The molecule has 1 aromatic rings. The van der Waals surface area contributed by atoms with Gasteiger partial charge in [0.25, 0.3) is 0 Å². The predicted molar refractivity (Wildman–Crippen MR) is 68.1 cm³/mol. The van der Waals surface area contributed by atoms with Crippen molar-refractivity contribution in [3.05, 3.63) is 48.6 Å². The van der Waals surface area contributed by atoms with E-state index in [9.17, 15) is 4.79 Å². The third kappa shape index (κ3) is 2.73. The summed E-state index contributed by atoms with van der Waals surface area (Å²) in [5, 5.41) is 5.70. The molecule has 3 nitrogen and oxygen atoms in total. The van der Waals surface area contributed by atoms with Crippen LogP contribution in [-0.2, 0) is 4.79 Å². The topological polar surface area (TPSA) is 41.1 Å². The average Bonchev–Trinajstić information content (AvgIpc) is 2.28. The van der Waals surface area contributed by atoms with Crippen molar-refractivity contribution >= 4 is 17.3 Å². The Hall–Kier alpha value is -2.03. The number of hydrogen-bond acceptors (Lipinski definition) is 2. The fourth-order valence-corrected chi connectivity index (χ4v) is 1.41. The molecule has 16 heavy (non-hydrogen) atoms. The van der Waals surface area contributed by atoms with Crippen molar-refractivity contribution in [2.75, 3.05) is 12.4 Å². The third-order valence-corrected chi connectivity index (χ3v) is 2.31. The van der Waals surface area contributed by atoms with Gasteiger partial charge in [0, 0.05) is 24.0 Å². The molecule has 0 bridgehead atoms. The van der Waals surface area contributed by atoms with E-state index in [0.717, 1.165) is 22.5 Å². The van der Waals surface area contributed by atoms with Crippen LogP contribution in [0.15, 0.2) is 37.4 Å². The molecule has 0 atom stereocenters. The Morgan fingerprint density at radius 1 is 1.44 bits per heavy atom. The van der Waals surface area contributed by atoms with Gasteiger partial charge in [-0.3, -0.25) is 4.79 Å². The van der Waals surface area contributed by atoms with Gasteiger partial charge in [-0.2, -0.15) is 0 Å². The molecule has 3 heteroatoms. The van der Waals surface area contributed by atoms with Gasteiger partial charge in [-0.1, -0.05) is 19.2 Å². The van der Waals surface area contributed by atoms with Gasteiger partial charge < -0.3 is 10.6 Å². The van der Waals surface area contributed by atoms with Crippen LogP contribution < -0.4 is 10.6 Å². The zero-order chi connectivity index (χ0) is 12.1. The summed E-state index contributed by atoms with van der Waals surface area (Å²) in [6, 6.07) is 5.67. The number of carbonyl (C=O) groups excluding carboxylic acids is 1. The van der Waals surface area contributed by atoms with Crippen molar-refractivity contribution in [2.24, 2.45) is 0 Å². The molecule has 0 unspecified atom stereocenters. The van der Waals surface area contributed by atoms with Crippen molar-refractivity contribution in [1.29, 1.82) is 0 Å². The van der Waals surface area contributed by atoms with E-state index >= 15 is 0 Å². The molecule has 0 heterocycles. The summed E-state index contributed by atoms with van der Waals surface area (Å²) in [5.74, 6) is -0.209. The Kier molecular flexibility index (Phi) is 3.89. The van der Waals surface area contributed by atoms with Gasteiger partial charge in [0.2, 0.25) is 5.91 Å². The van der Waals surface area contributed by atoms with Crippen LogP contribution in [0.2, 0.25) is 0 Å². The van der Waals surface area contributed by atoms with E-state index in [1.807, 2.05) is 32.2 Å². The van der Waals surface area contributed by atoms with Gasteiger partial charge in [-0.15, -0.1) is 0 Å². The average molecular weight is 216 g/mol. The van der Waals surface area contributed by atoms with Gasteiger partial charge >= 0.3 is 0 Å². The Bertz CT molecular complexity index is 436. The molecule has 84 valence electrons. The molecule has 0 aromatic heterocycles. The van der Waals surface area contributed by atoms with Crippen molar-refractivity contribution < 1.29 is 4.79 Å². The smallest absolute Gasteiger partial charge is 0.247 e. The number of rotatable bonds is 4. The molecule has 0 spiro atoms. The molecule has 1 aromatic carbocycles. The number of benzene rings is 1. The number of amides is 1. The molecule has 0 saturated heterocycles. The summed E-state index contributed by atoms with van der Waals surface area (Å²) < 4.78 is 0. The summed E-state index contributed by atoms with van der Waals surface area (Å²) in [5.41, 5.74) is 3.72.